The van der Waals surface area contributed by atoms with Gasteiger partial charge in [0.1, 0.15) is 0 Å². The van der Waals surface area contributed by atoms with Crippen LogP contribution < -0.4 is 0 Å². The molecule has 2 fully saturated rings. The number of hydrogen-bond acceptors (Lipinski definition) is 4. The molecule has 0 aromatic carbocycles. The number of likely N-dealkylation sites (tertiary alicyclic amines) is 1. The molecule has 1 unspecified atom stereocenters. The van der Waals surface area contributed by atoms with Crippen LogP contribution in [-0.4, -0.2) is 56.9 Å². The van der Waals surface area contributed by atoms with E-state index in [0.717, 1.165) is 12.8 Å². The monoisotopic (exact) mass is 268 g/mol. The summed E-state index contributed by atoms with van der Waals surface area (Å²) in [5, 5.41) is 9.00. The smallest absolute Gasteiger partial charge is 0.317 e. The van der Waals surface area contributed by atoms with Crippen molar-refractivity contribution >= 4 is 17.8 Å². The third-order valence-corrected chi connectivity index (χ3v) is 3.61. The van der Waals surface area contributed by atoms with Gasteiger partial charge in [0.25, 0.3) is 0 Å². The van der Waals surface area contributed by atoms with E-state index in [2.05, 4.69) is 0 Å². The van der Waals surface area contributed by atoms with Crippen molar-refractivity contribution < 1.29 is 19.5 Å². The fraction of sp³-hybridized carbons (Fsp3) is 0.769. The molecule has 1 saturated heterocycles. The van der Waals surface area contributed by atoms with Crippen molar-refractivity contribution in [2.45, 2.75) is 57.7 Å². The lowest BCUT2D eigenvalue weighted by Crippen LogP contribution is -2.53. The standard InChI is InChI=1S/C13H20N2O4/c1-13(2,3)14(7-11(17)18)9-6-10(16)15(12(9)19)8-4-5-8/h8-9H,4-7H2,1-3H3,(H,17,18). The van der Waals surface area contributed by atoms with Crippen molar-refractivity contribution in [3.8, 4) is 0 Å². The Kier molecular flexibility index (Phi) is 3.38. The highest BCUT2D eigenvalue weighted by molar-refractivity contribution is 6.06. The molecule has 1 aliphatic heterocycles. The second-order valence-corrected chi connectivity index (χ2v) is 6.25. The summed E-state index contributed by atoms with van der Waals surface area (Å²) in [5.74, 6) is -1.39. The molecule has 0 spiro atoms. The first-order valence-corrected chi connectivity index (χ1v) is 6.56. The van der Waals surface area contributed by atoms with Crippen LogP contribution in [-0.2, 0) is 14.4 Å². The van der Waals surface area contributed by atoms with E-state index in [4.69, 9.17) is 5.11 Å². The third kappa shape index (κ3) is 2.78. The highest BCUT2D eigenvalue weighted by Crippen LogP contribution is 2.34. The van der Waals surface area contributed by atoms with Crippen molar-refractivity contribution in [3.05, 3.63) is 0 Å². The minimum absolute atomic E-state index is 0.0525. The Labute approximate surface area is 112 Å². The van der Waals surface area contributed by atoms with Crippen molar-refractivity contribution in [1.29, 1.82) is 0 Å². The Morgan fingerprint density at radius 2 is 1.95 bits per heavy atom. The molecule has 0 aromatic rings. The topological polar surface area (TPSA) is 77.9 Å². The molecule has 2 aliphatic rings. The Morgan fingerprint density at radius 1 is 1.37 bits per heavy atom. The third-order valence-electron chi connectivity index (χ3n) is 3.61. The Hall–Kier alpha value is -1.43. The number of nitrogens with zero attached hydrogens (tertiary/aromatic N) is 2. The van der Waals surface area contributed by atoms with Crippen LogP contribution >= 0.6 is 0 Å². The van der Waals surface area contributed by atoms with E-state index >= 15 is 0 Å². The zero-order valence-corrected chi connectivity index (χ0v) is 11.5. The summed E-state index contributed by atoms with van der Waals surface area (Å²) in [6.45, 7) is 5.33. The molecule has 6 heteroatoms. The highest BCUT2D eigenvalue weighted by atomic mass is 16.4. The first-order valence-electron chi connectivity index (χ1n) is 6.56. The molecule has 19 heavy (non-hydrogen) atoms. The van der Waals surface area contributed by atoms with Gasteiger partial charge in [-0.25, -0.2) is 0 Å². The molecular weight excluding hydrogens is 248 g/mol. The lowest BCUT2D eigenvalue weighted by Gasteiger charge is -2.37. The Balaban J connectivity index is 2.20. The van der Waals surface area contributed by atoms with Gasteiger partial charge in [-0.1, -0.05) is 0 Å². The number of aliphatic carboxylic acids is 1. The number of carboxylic acids is 1. The zero-order valence-electron chi connectivity index (χ0n) is 11.5. The summed E-state index contributed by atoms with van der Waals surface area (Å²) in [7, 11) is 0. The van der Waals surface area contributed by atoms with Gasteiger partial charge in [-0.15, -0.1) is 0 Å². The van der Waals surface area contributed by atoms with Crippen LogP contribution in [0.1, 0.15) is 40.0 Å². The summed E-state index contributed by atoms with van der Waals surface area (Å²) in [4.78, 5) is 38.2. The lowest BCUT2D eigenvalue weighted by atomic mass is 10.0. The van der Waals surface area contributed by atoms with Crippen LogP contribution in [0.4, 0.5) is 0 Å². The number of carbonyl (C=O) groups excluding carboxylic acids is 2. The fourth-order valence-corrected chi connectivity index (χ4v) is 2.55. The van der Waals surface area contributed by atoms with Gasteiger partial charge in [0.2, 0.25) is 11.8 Å². The van der Waals surface area contributed by atoms with Crippen LogP contribution in [0, 0.1) is 0 Å². The number of rotatable bonds is 4. The van der Waals surface area contributed by atoms with Gasteiger partial charge in [0.15, 0.2) is 0 Å². The quantitative estimate of drug-likeness (QED) is 0.749. The minimum atomic E-state index is -0.986. The Morgan fingerprint density at radius 3 is 2.37 bits per heavy atom. The second kappa shape index (κ2) is 4.59. The summed E-state index contributed by atoms with van der Waals surface area (Å²) < 4.78 is 0. The van der Waals surface area contributed by atoms with Crippen LogP contribution in [0.2, 0.25) is 0 Å². The summed E-state index contributed by atoms with van der Waals surface area (Å²) in [6.07, 6.45) is 1.84. The molecule has 1 saturated carbocycles. The molecule has 2 rings (SSSR count). The van der Waals surface area contributed by atoms with Crippen molar-refractivity contribution in [2.75, 3.05) is 6.54 Å². The van der Waals surface area contributed by atoms with E-state index in [0.29, 0.717) is 0 Å². The largest absolute Gasteiger partial charge is 0.480 e. The number of amides is 2. The molecule has 1 heterocycles. The maximum absolute atomic E-state index is 12.3. The number of imide groups is 1. The molecule has 0 bridgehead atoms. The molecule has 2 amide bonds. The van der Waals surface area contributed by atoms with Crippen LogP contribution in [0.15, 0.2) is 0 Å². The molecule has 0 aromatic heterocycles. The summed E-state index contributed by atoms with van der Waals surface area (Å²) >= 11 is 0. The zero-order chi connectivity index (χ0) is 14.4. The fourth-order valence-electron chi connectivity index (χ4n) is 2.55. The molecule has 1 aliphatic carbocycles. The summed E-state index contributed by atoms with van der Waals surface area (Å²) in [6, 6.07) is -0.583. The molecule has 1 N–H and O–H groups in total. The average molecular weight is 268 g/mol. The second-order valence-electron chi connectivity index (χ2n) is 6.25. The summed E-state index contributed by atoms with van der Waals surface area (Å²) in [5.41, 5.74) is -0.474. The van der Waals surface area contributed by atoms with Gasteiger partial charge in [-0.05, 0) is 33.6 Å². The lowest BCUT2D eigenvalue weighted by molar-refractivity contribution is -0.144. The normalized spacial score (nSPS) is 24.4. The number of carbonyl (C=O) groups is 3. The van der Waals surface area contributed by atoms with Crippen LogP contribution in [0.25, 0.3) is 0 Å². The van der Waals surface area contributed by atoms with Gasteiger partial charge < -0.3 is 5.11 Å². The SMILES string of the molecule is CC(C)(C)N(CC(=O)O)C1CC(=O)N(C2CC2)C1=O. The highest BCUT2D eigenvalue weighted by Gasteiger charge is 2.50. The van der Waals surface area contributed by atoms with Crippen molar-refractivity contribution in [3.63, 3.8) is 0 Å². The number of carboxylic acid groups (broad SMARTS) is 1. The van der Waals surface area contributed by atoms with Crippen molar-refractivity contribution in [1.82, 2.24) is 9.80 Å². The maximum Gasteiger partial charge on any atom is 0.317 e. The predicted molar refractivity (Wildman–Crippen MR) is 67.4 cm³/mol. The van der Waals surface area contributed by atoms with E-state index in [1.54, 1.807) is 4.90 Å². The van der Waals surface area contributed by atoms with Gasteiger partial charge in [0, 0.05) is 11.6 Å². The number of hydrogen-bond donors (Lipinski definition) is 1. The van der Waals surface area contributed by atoms with Gasteiger partial charge >= 0.3 is 5.97 Å². The van der Waals surface area contributed by atoms with Gasteiger partial charge in [-0.3, -0.25) is 24.2 Å². The molecule has 0 radical (unpaired) electrons. The van der Waals surface area contributed by atoms with Gasteiger partial charge in [-0.2, -0.15) is 0 Å². The van der Waals surface area contributed by atoms with E-state index in [1.165, 1.54) is 4.90 Å². The molecule has 106 valence electrons. The predicted octanol–water partition coefficient (Wildman–Crippen LogP) is 0.461. The van der Waals surface area contributed by atoms with Crippen LogP contribution in [0.3, 0.4) is 0 Å². The van der Waals surface area contributed by atoms with Gasteiger partial charge in [0.05, 0.1) is 19.0 Å². The molecule has 1 atom stereocenters. The van der Waals surface area contributed by atoms with E-state index in [-0.39, 0.29) is 30.8 Å². The van der Waals surface area contributed by atoms with E-state index < -0.39 is 17.6 Å². The Bertz CT molecular complexity index is 423. The average Bonchev–Trinajstić information content (AvgIpc) is 3.01. The van der Waals surface area contributed by atoms with E-state index in [9.17, 15) is 14.4 Å². The maximum atomic E-state index is 12.3. The minimum Gasteiger partial charge on any atom is -0.480 e. The van der Waals surface area contributed by atoms with Crippen LogP contribution in [0.5, 0.6) is 0 Å². The molecule has 6 nitrogen and oxygen atoms in total. The first-order chi connectivity index (χ1) is 8.71. The molecular formula is C13H20N2O4. The van der Waals surface area contributed by atoms with Crippen molar-refractivity contribution in [2.24, 2.45) is 0 Å². The first kappa shape index (κ1) is 14.0. The van der Waals surface area contributed by atoms with E-state index in [1.807, 2.05) is 20.8 Å².